The van der Waals surface area contributed by atoms with E-state index in [1.54, 1.807) is 18.2 Å². The summed E-state index contributed by atoms with van der Waals surface area (Å²) in [6.45, 7) is 6.47. The summed E-state index contributed by atoms with van der Waals surface area (Å²) < 4.78 is 5.84. The van der Waals surface area contributed by atoms with Crippen LogP contribution in [0.4, 0.5) is 5.69 Å². The number of likely N-dealkylation sites (tertiary alicyclic amines) is 1. The highest BCUT2D eigenvalue weighted by atomic mass is 16.5. The number of para-hydroxylation sites is 2. The molecule has 0 aliphatic carbocycles. The minimum atomic E-state index is -0.270. The summed E-state index contributed by atoms with van der Waals surface area (Å²) in [4.78, 5) is 28.0. The van der Waals surface area contributed by atoms with Gasteiger partial charge in [-0.05, 0) is 49.4 Å². The van der Waals surface area contributed by atoms with E-state index in [0.29, 0.717) is 35.1 Å². The first kappa shape index (κ1) is 21.9. The molecule has 1 aliphatic heterocycles. The molecule has 0 atom stereocenters. The Morgan fingerprint density at radius 2 is 1.67 bits per heavy atom. The number of nitrogens with one attached hydrogen (secondary N) is 1. The van der Waals surface area contributed by atoms with Crippen molar-refractivity contribution >= 4 is 17.5 Å². The molecule has 1 heterocycles. The van der Waals surface area contributed by atoms with Gasteiger partial charge in [0, 0.05) is 13.1 Å². The maximum Gasteiger partial charge on any atom is 0.259 e. The van der Waals surface area contributed by atoms with Gasteiger partial charge in [0.15, 0.2) is 0 Å². The number of unbranched alkanes of at least 4 members (excludes halogenated alkanes) is 2. The molecule has 1 aliphatic rings. The van der Waals surface area contributed by atoms with Gasteiger partial charge in [0.25, 0.3) is 11.8 Å². The van der Waals surface area contributed by atoms with Crippen molar-refractivity contribution in [2.45, 2.75) is 46.0 Å². The van der Waals surface area contributed by atoms with E-state index in [2.05, 4.69) is 19.2 Å². The van der Waals surface area contributed by atoms with Crippen molar-refractivity contribution in [1.29, 1.82) is 0 Å². The molecule has 0 unspecified atom stereocenters. The Morgan fingerprint density at radius 3 is 2.40 bits per heavy atom. The summed E-state index contributed by atoms with van der Waals surface area (Å²) >= 11 is 0. The van der Waals surface area contributed by atoms with Crippen LogP contribution in [0.5, 0.6) is 5.75 Å². The second-order valence-corrected chi connectivity index (χ2v) is 8.03. The predicted octanol–water partition coefficient (Wildman–Crippen LogP) is 5.38. The second kappa shape index (κ2) is 10.8. The monoisotopic (exact) mass is 408 g/mol. The van der Waals surface area contributed by atoms with Gasteiger partial charge in [-0.2, -0.15) is 0 Å². The number of hydrogen-bond donors (Lipinski definition) is 1. The van der Waals surface area contributed by atoms with E-state index in [-0.39, 0.29) is 11.8 Å². The van der Waals surface area contributed by atoms with Gasteiger partial charge in [0.05, 0.1) is 23.4 Å². The molecule has 2 aromatic rings. The average molecular weight is 409 g/mol. The van der Waals surface area contributed by atoms with E-state index in [1.165, 1.54) is 0 Å². The molecule has 1 fully saturated rings. The van der Waals surface area contributed by atoms with Crippen LogP contribution in [0.2, 0.25) is 0 Å². The summed E-state index contributed by atoms with van der Waals surface area (Å²) in [5.41, 5.74) is 1.54. The Morgan fingerprint density at radius 1 is 1.00 bits per heavy atom. The van der Waals surface area contributed by atoms with E-state index in [4.69, 9.17) is 4.74 Å². The van der Waals surface area contributed by atoms with Crippen LogP contribution in [0.3, 0.4) is 0 Å². The molecule has 1 saturated heterocycles. The molecule has 3 rings (SSSR count). The minimum absolute atomic E-state index is 0.0260. The summed E-state index contributed by atoms with van der Waals surface area (Å²) in [5, 5.41) is 2.93. The zero-order chi connectivity index (χ0) is 21.3. The molecule has 30 heavy (non-hydrogen) atoms. The Labute approximate surface area is 179 Å². The lowest BCUT2D eigenvalue weighted by molar-refractivity contribution is 0.0698. The van der Waals surface area contributed by atoms with E-state index in [1.807, 2.05) is 35.2 Å². The molecule has 0 saturated carbocycles. The quantitative estimate of drug-likeness (QED) is 0.597. The molecule has 0 bridgehead atoms. The van der Waals surface area contributed by atoms with Crippen LogP contribution in [-0.4, -0.2) is 36.4 Å². The van der Waals surface area contributed by atoms with Crippen LogP contribution in [0.25, 0.3) is 0 Å². The molecule has 0 spiro atoms. The number of piperidine rings is 1. The summed E-state index contributed by atoms with van der Waals surface area (Å²) in [7, 11) is 0. The number of anilines is 1. The van der Waals surface area contributed by atoms with Crippen molar-refractivity contribution in [3.8, 4) is 5.75 Å². The fourth-order valence-corrected chi connectivity index (χ4v) is 3.66. The van der Waals surface area contributed by atoms with Gasteiger partial charge in [0.2, 0.25) is 0 Å². The van der Waals surface area contributed by atoms with E-state index in [9.17, 15) is 9.59 Å². The number of carbonyl (C=O) groups excluding carboxylic acids is 2. The van der Waals surface area contributed by atoms with Crippen molar-refractivity contribution in [2.75, 3.05) is 25.0 Å². The van der Waals surface area contributed by atoms with Gasteiger partial charge in [-0.25, -0.2) is 0 Å². The molecular weight excluding hydrogens is 376 g/mol. The van der Waals surface area contributed by atoms with E-state index < -0.39 is 0 Å². The first-order valence-electron chi connectivity index (χ1n) is 11.0. The highest BCUT2D eigenvalue weighted by molar-refractivity contribution is 6.10. The number of nitrogens with zero attached hydrogens (tertiary/aromatic N) is 1. The SMILES string of the molecule is CCCCCOc1ccccc1C(=O)Nc1ccccc1C(=O)N1CCC(C)CC1. The fourth-order valence-electron chi connectivity index (χ4n) is 3.66. The van der Waals surface area contributed by atoms with Crippen molar-refractivity contribution < 1.29 is 14.3 Å². The Hall–Kier alpha value is -2.82. The van der Waals surface area contributed by atoms with Crippen LogP contribution >= 0.6 is 0 Å². The highest BCUT2D eigenvalue weighted by Crippen LogP contribution is 2.24. The van der Waals surface area contributed by atoms with Crippen LogP contribution in [0.1, 0.15) is 66.7 Å². The van der Waals surface area contributed by atoms with Crippen LogP contribution in [0, 0.1) is 5.92 Å². The van der Waals surface area contributed by atoms with Crippen molar-refractivity contribution in [3.63, 3.8) is 0 Å². The van der Waals surface area contributed by atoms with Crippen molar-refractivity contribution in [1.82, 2.24) is 4.90 Å². The summed E-state index contributed by atoms with van der Waals surface area (Å²) in [5.74, 6) is 0.924. The predicted molar refractivity (Wildman–Crippen MR) is 120 cm³/mol. The average Bonchev–Trinajstić information content (AvgIpc) is 2.77. The molecule has 2 amide bonds. The molecule has 5 heteroatoms. The van der Waals surface area contributed by atoms with Gasteiger partial charge in [-0.15, -0.1) is 0 Å². The van der Waals surface area contributed by atoms with Crippen molar-refractivity contribution in [3.05, 3.63) is 59.7 Å². The lowest BCUT2D eigenvalue weighted by Gasteiger charge is -2.30. The zero-order valence-corrected chi connectivity index (χ0v) is 18.0. The maximum atomic E-state index is 13.1. The maximum absolute atomic E-state index is 13.1. The molecule has 5 nitrogen and oxygen atoms in total. The van der Waals surface area contributed by atoms with E-state index >= 15 is 0 Å². The molecule has 0 radical (unpaired) electrons. The van der Waals surface area contributed by atoms with Crippen molar-refractivity contribution in [2.24, 2.45) is 5.92 Å². The third kappa shape index (κ3) is 5.62. The Bertz CT molecular complexity index is 857. The van der Waals surface area contributed by atoms with Gasteiger partial charge < -0.3 is 15.0 Å². The third-order valence-electron chi connectivity index (χ3n) is 5.61. The fraction of sp³-hybridized carbons (Fsp3) is 0.440. The largest absolute Gasteiger partial charge is 0.493 e. The number of hydrogen-bond acceptors (Lipinski definition) is 3. The number of amides is 2. The Balaban J connectivity index is 1.73. The van der Waals surface area contributed by atoms with Crippen LogP contribution < -0.4 is 10.1 Å². The van der Waals surface area contributed by atoms with E-state index in [0.717, 1.165) is 45.2 Å². The summed E-state index contributed by atoms with van der Waals surface area (Å²) in [6, 6.07) is 14.5. The zero-order valence-electron chi connectivity index (χ0n) is 18.0. The number of carbonyl (C=O) groups is 2. The topological polar surface area (TPSA) is 58.6 Å². The van der Waals surface area contributed by atoms with Gasteiger partial charge in [-0.1, -0.05) is 51.0 Å². The molecule has 1 N–H and O–H groups in total. The summed E-state index contributed by atoms with van der Waals surface area (Å²) in [6.07, 6.45) is 5.20. The Kier molecular flexibility index (Phi) is 7.89. The lowest BCUT2D eigenvalue weighted by atomic mass is 9.98. The minimum Gasteiger partial charge on any atom is -0.493 e. The standard InChI is InChI=1S/C25H32N2O3/c1-3-4-9-18-30-23-13-8-6-11-21(23)24(28)26-22-12-7-5-10-20(22)25(29)27-16-14-19(2)15-17-27/h5-8,10-13,19H,3-4,9,14-18H2,1-2H3,(H,26,28). The molecule has 160 valence electrons. The lowest BCUT2D eigenvalue weighted by Crippen LogP contribution is -2.38. The first-order valence-corrected chi connectivity index (χ1v) is 11.0. The van der Waals surface area contributed by atoms with Gasteiger partial charge >= 0.3 is 0 Å². The second-order valence-electron chi connectivity index (χ2n) is 8.03. The number of ether oxygens (including phenoxy) is 1. The normalized spacial score (nSPS) is 14.4. The third-order valence-corrected chi connectivity index (χ3v) is 5.61. The molecule has 2 aromatic carbocycles. The highest BCUT2D eigenvalue weighted by Gasteiger charge is 2.24. The number of rotatable bonds is 8. The van der Waals surface area contributed by atoms with Crippen LogP contribution in [-0.2, 0) is 0 Å². The van der Waals surface area contributed by atoms with Crippen LogP contribution in [0.15, 0.2) is 48.5 Å². The molecular formula is C25H32N2O3. The number of benzene rings is 2. The van der Waals surface area contributed by atoms with Gasteiger partial charge in [-0.3, -0.25) is 9.59 Å². The molecule has 0 aromatic heterocycles. The van der Waals surface area contributed by atoms with Gasteiger partial charge in [0.1, 0.15) is 5.75 Å². The smallest absolute Gasteiger partial charge is 0.259 e. The first-order chi connectivity index (χ1) is 14.6.